The van der Waals surface area contributed by atoms with Crippen molar-refractivity contribution in [3.8, 4) is 0 Å². The Labute approximate surface area is 179 Å². The molecule has 5 amide bonds. The van der Waals surface area contributed by atoms with Crippen molar-refractivity contribution >= 4 is 35.2 Å². The summed E-state index contributed by atoms with van der Waals surface area (Å²) < 4.78 is 0. The summed E-state index contributed by atoms with van der Waals surface area (Å²) in [6, 6.07) is 3.99. The minimum absolute atomic E-state index is 0.0135. The maximum absolute atomic E-state index is 13.0. The quantitative estimate of drug-likeness (QED) is 0.554. The predicted octanol–water partition coefficient (Wildman–Crippen LogP) is -0.160. The molecule has 0 saturated carbocycles. The zero-order valence-corrected chi connectivity index (χ0v) is 17.1. The van der Waals surface area contributed by atoms with Crippen LogP contribution in [0.15, 0.2) is 18.2 Å². The third-order valence-electron chi connectivity index (χ3n) is 6.01. The van der Waals surface area contributed by atoms with Gasteiger partial charge in [-0.2, -0.15) is 0 Å². The number of benzene rings is 1. The third kappa shape index (κ3) is 4.02. The van der Waals surface area contributed by atoms with E-state index in [4.69, 9.17) is 5.73 Å². The molecule has 2 saturated heterocycles. The van der Waals surface area contributed by atoms with Crippen LogP contribution in [0.1, 0.15) is 52.8 Å². The van der Waals surface area contributed by atoms with Gasteiger partial charge in [0.15, 0.2) is 0 Å². The highest BCUT2D eigenvalue weighted by Gasteiger charge is 2.45. The number of likely N-dealkylation sites (tertiary alicyclic amines) is 1. The molecule has 0 aliphatic carbocycles. The smallest absolute Gasteiger partial charge is 0.264 e. The molecule has 4 rings (SSSR count). The first-order chi connectivity index (χ1) is 14.9. The highest BCUT2D eigenvalue weighted by atomic mass is 16.2. The van der Waals surface area contributed by atoms with E-state index in [1.54, 1.807) is 17.0 Å². The summed E-state index contributed by atoms with van der Waals surface area (Å²) in [5.74, 6) is -2.18. The second-order valence-electron chi connectivity index (χ2n) is 8.07. The van der Waals surface area contributed by atoms with Crippen LogP contribution in [0, 0.1) is 0 Å². The molecule has 31 heavy (non-hydrogen) atoms. The van der Waals surface area contributed by atoms with Crippen LogP contribution in [0.5, 0.6) is 0 Å². The minimum atomic E-state index is -1.01. The Balaban J connectivity index is 1.43. The summed E-state index contributed by atoms with van der Waals surface area (Å²) in [7, 11) is 0. The molecule has 1 unspecified atom stereocenters. The van der Waals surface area contributed by atoms with Crippen LogP contribution in [0.4, 0.5) is 5.69 Å². The minimum Gasteiger partial charge on any atom is -0.384 e. The Bertz CT molecular complexity index is 953. The number of hydrogen-bond acceptors (Lipinski definition) is 7. The number of rotatable bonds is 5. The van der Waals surface area contributed by atoms with Gasteiger partial charge in [-0.3, -0.25) is 34.2 Å². The summed E-state index contributed by atoms with van der Waals surface area (Å²) >= 11 is 0. The Morgan fingerprint density at radius 3 is 2.55 bits per heavy atom. The Kier molecular flexibility index (Phi) is 5.73. The van der Waals surface area contributed by atoms with E-state index >= 15 is 0 Å². The van der Waals surface area contributed by atoms with Gasteiger partial charge in [-0.1, -0.05) is 6.07 Å². The molecule has 1 aromatic carbocycles. The SMILES string of the molecule is NC1CCN(C(=O)CCNc2cccc3c2C(=O)N(C2CCC(=O)NC2=O)C3=O)CC1. The second-order valence-corrected chi connectivity index (χ2v) is 8.07. The number of carbonyl (C=O) groups is 5. The van der Waals surface area contributed by atoms with Crippen molar-refractivity contribution in [2.75, 3.05) is 25.0 Å². The lowest BCUT2D eigenvalue weighted by molar-refractivity contribution is -0.136. The summed E-state index contributed by atoms with van der Waals surface area (Å²) in [5, 5.41) is 5.27. The largest absolute Gasteiger partial charge is 0.384 e. The number of nitrogens with two attached hydrogens (primary N) is 1. The Hall–Kier alpha value is -3.27. The molecule has 1 atom stereocenters. The fourth-order valence-electron chi connectivity index (χ4n) is 4.27. The standard InChI is InChI=1S/C21H25N5O5/c22-12-7-10-25(11-8-12)17(28)6-9-23-14-3-1-2-13-18(14)21(31)26(20(13)30)15-4-5-16(27)24-19(15)29/h1-3,12,15,23H,4-11,22H2,(H,24,27,29). The predicted molar refractivity (Wildman–Crippen MR) is 110 cm³/mol. The van der Waals surface area contributed by atoms with Gasteiger partial charge in [0.2, 0.25) is 17.7 Å². The molecule has 0 radical (unpaired) electrons. The molecule has 3 aliphatic rings. The van der Waals surface area contributed by atoms with Crippen LogP contribution < -0.4 is 16.4 Å². The molecule has 3 heterocycles. The zero-order valence-electron chi connectivity index (χ0n) is 17.1. The third-order valence-corrected chi connectivity index (χ3v) is 6.01. The first kappa shape index (κ1) is 21.0. The van der Waals surface area contributed by atoms with Gasteiger partial charge in [0, 0.05) is 44.2 Å². The lowest BCUT2D eigenvalue weighted by Gasteiger charge is -2.30. The first-order valence-electron chi connectivity index (χ1n) is 10.5. The van der Waals surface area contributed by atoms with Crippen LogP contribution in [-0.4, -0.2) is 71.1 Å². The van der Waals surface area contributed by atoms with Gasteiger partial charge >= 0.3 is 0 Å². The molecule has 0 bridgehead atoms. The molecule has 10 nitrogen and oxygen atoms in total. The average molecular weight is 427 g/mol. The number of amides is 5. The molecule has 0 spiro atoms. The number of nitrogens with zero attached hydrogens (tertiary/aromatic N) is 2. The average Bonchev–Trinajstić information content (AvgIpc) is 3.00. The first-order valence-corrected chi connectivity index (χ1v) is 10.5. The van der Waals surface area contributed by atoms with Crippen molar-refractivity contribution in [2.45, 2.75) is 44.2 Å². The van der Waals surface area contributed by atoms with Crippen molar-refractivity contribution in [1.29, 1.82) is 0 Å². The van der Waals surface area contributed by atoms with Crippen LogP contribution in [0.2, 0.25) is 0 Å². The van der Waals surface area contributed by atoms with Crippen molar-refractivity contribution in [1.82, 2.24) is 15.1 Å². The normalized spacial score (nSPS) is 21.9. The summed E-state index contributed by atoms with van der Waals surface area (Å²) in [5.41, 5.74) is 6.71. The van der Waals surface area contributed by atoms with E-state index in [2.05, 4.69) is 10.6 Å². The van der Waals surface area contributed by atoms with Gasteiger partial charge in [0.05, 0.1) is 11.1 Å². The van der Waals surface area contributed by atoms with E-state index in [-0.39, 0.29) is 42.3 Å². The van der Waals surface area contributed by atoms with Crippen LogP contribution >= 0.6 is 0 Å². The van der Waals surface area contributed by atoms with E-state index in [1.165, 1.54) is 6.07 Å². The number of imide groups is 2. The maximum Gasteiger partial charge on any atom is 0.264 e. The Morgan fingerprint density at radius 1 is 1.10 bits per heavy atom. The highest BCUT2D eigenvalue weighted by molar-refractivity contribution is 6.25. The van der Waals surface area contributed by atoms with Crippen molar-refractivity contribution in [3.05, 3.63) is 29.3 Å². The highest BCUT2D eigenvalue weighted by Crippen LogP contribution is 2.32. The van der Waals surface area contributed by atoms with Crippen LogP contribution in [-0.2, 0) is 14.4 Å². The molecule has 4 N–H and O–H groups in total. The second kappa shape index (κ2) is 8.46. The lowest BCUT2D eigenvalue weighted by atomic mass is 10.0. The zero-order chi connectivity index (χ0) is 22.1. The van der Waals surface area contributed by atoms with Crippen molar-refractivity contribution in [2.24, 2.45) is 5.73 Å². The summed E-state index contributed by atoms with van der Waals surface area (Å²) in [6.07, 6.45) is 2.00. The molecule has 164 valence electrons. The summed E-state index contributed by atoms with van der Waals surface area (Å²) in [6.45, 7) is 1.60. The molecule has 3 aliphatic heterocycles. The molecule has 2 fully saturated rings. The van der Waals surface area contributed by atoms with Crippen LogP contribution in [0.25, 0.3) is 0 Å². The van der Waals surface area contributed by atoms with E-state index in [0.29, 0.717) is 25.3 Å². The maximum atomic E-state index is 13.0. The van der Waals surface area contributed by atoms with Gasteiger partial charge in [-0.05, 0) is 31.4 Å². The van der Waals surface area contributed by atoms with Crippen molar-refractivity contribution < 1.29 is 24.0 Å². The lowest BCUT2D eigenvalue weighted by Crippen LogP contribution is -2.54. The summed E-state index contributed by atoms with van der Waals surface area (Å²) in [4.78, 5) is 64.6. The topological polar surface area (TPSA) is 142 Å². The molecule has 1 aromatic rings. The van der Waals surface area contributed by atoms with Crippen molar-refractivity contribution in [3.63, 3.8) is 0 Å². The number of nitrogens with one attached hydrogen (secondary N) is 2. The van der Waals surface area contributed by atoms with E-state index < -0.39 is 29.7 Å². The van der Waals surface area contributed by atoms with Gasteiger partial charge in [-0.25, -0.2) is 0 Å². The van der Waals surface area contributed by atoms with Gasteiger partial charge in [0.25, 0.3) is 11.8 Å². The fraction of sp³-hybridized carbons (Fsp3) is 0.476. The van der Waals surface area contributed by atoms with E-state index in [0.717, 1.165) is 17.7 Å². The fourth-order valence-corrected chi connectivity index (χ4v) is 4.27. The molecular formula is C21H25N5O5. The monoisotopic (exact) mass is 427 g/mol. The number of hydrogen-bond donors (Lipinski definition) is 3. The van der Waals surface area contributed by atoms with Gasteiger partial charge < -0.3 is 16.0 Å². The molecule has 0 aromatic heterocycles. The number of fused-ring (bicyclic) bond motifs is 1. The van der Waals surface area contributed by atoms with Crippen LogP contribution in [0.3, 0.4) is 0 Å². The van der Waals surface area contributed by atoms with Gasteiger partial charge in [-0.15, -0.1) is 0 Å². The number of carbonyl (C=O) groups excluding carboxylic acids is 5. The molecular weight excluding hydrogens is 402 g/mol. The van der Waals surface area contributed by atoms with Gasteiger partial charge in [0.1, 0.15) is 6.04 Å². The molecule has 10 heteroatoms. The number of piperidine rings is 2. The van der Waals surface area contributed by atoms with E-state index in [9.17, 15) is 24.0 Å². The number of anilines is 1. The Morgan fingerprint density at radius 2 is 1.84 bits per heavy atom. The van der Waals surface area contributed by atoms with E-state index in [1.807, 2.05) is 0 Å².